The number of fused-ring (bicyclic) bond motifs is 1. The number of furan rings is 1. The first-order valence-corrected chi connectivity index (χ1v) is 8.26. The molecule has 0 N–H and O–H groups in total. The minimum atomic E-state index is -0.533. The number of carbonyl (C=O) groups excluding carboxylic acids is 1. The molecule has 4 aromatic rings. The van der Waals surface area contributed by atoms with Crippen LogP contribution in [0.5, 0.6) is 5.75 Å². The quantitative estimate of drug-likeness (QED) is 0.301. The van der Waals surface area contributed by atoms with Gasteiger partial charge in [0.15, 0.2) is 16.9 Å². The van der Waals surface area contributed by atoms with Crippen LogP contribution in [0.15, 0.2) is 92.7 Å². The highest BCUT2D eigenvalue weighted by Crippen LogP contribution is 2.25. The van der Waals surface area contributed by atoms with Crippen LogP contribution in [-0.4, -0.2) is 5.97 Å². The minimum absolute atomic E-state index is 0.250. The fraction of sp³-hybridized carbons (Fsp3) is 0. The van der Waals surface area contributed by atoms with Crippen molar-refractivity contribution in [1.82, 2.24) is 0 Å². The van der Waals surface area contributed by atoms with Crippen molar-refractivity contribution in [3.05, 3.63) is 94.9 Å². The molecule has 0 amide bonds. The molecule has 0 aliphatic heterocycles. The molecule has 0 bridgehead atoms. The largest absolute Gasteiger partial charge is 0.461 e. The molecule has 0 unspecified atom stereocenters. The summed E-state index contributed by atoms with van der Waals surface area (Å²) in [7, 11) is 0. The van der Waals surface area contributed by atoms with E-state index in [1.807, 2.05) is 30.3 Å². The van der Waals surface area contributed by atoms with E-state index in [0.29, 0.717) is 22.5 Å². The molecule has 5 heteroatoms. The summed E-state index contributed by atoms with van der Waals surface area (Å²) in [4.78, 5) is 24.4. The average molecular weight is 358 g/mol. The smallest absolute Gasteiger partial charge is 0.336 e. The highest BCUT2D eigenvalue weighted by molar-refractivity contribution is 5.89. The van der Waals surface area contributed by atoms with Gasteiger partial charge < -0.3 is 13.6 Å². The second-order valence-electron chi connectivity index (χ2n) is 5.78. The minimum Gasteiger partial charge on any atom is -0.461 e. The van der Waals surface area contributed by atoms with Gasteiger partial charge >= 0.3 is 5.97 Å². The SMILES string of the molecule is O=C(/C=C/c1ccccc1)Oc1ccc2oc(-c3ccco3)cc(=O)c2c1. The van der Waals surface area contributed by atoms with Crippen LogP contribution in [0.1, 0.15) is 5.56 Å². The van der Waals surface area contributed by atoms with E-state index in [1.54, 1.807) is 30.3 Å². The van der Waals surface area contributed by atoms with E-state index < -0.39 is 5.97 Å². The Kier molecular flexibility index (Phi) is 4.41. The van der Waals surface area contributed by atoms with Crippen LogP contribution < -0.4 is 10.2 Å². The Morgan fingerprint density at radius 3 is 2.56 bits per heavy atom. The summed E-state index contributed by atoms with van der Waals surface area (Å²) in [5, 5.41) is 0.322. The van der Waals surface area contributed by atoms with Gasteiger partial charge in [0.25, 0.3) is 0 Å². The lowest BCUT2D eigenvalue weighted by atomic mass is 10.2. The van der Waals surface area contributed by atoms with Gasteiger partial charge in [0.05, 0.1) is 11.6 Å². The number of hydrogen-bond donors (Lipinski definition) is 0. The van der Waals surface area contributed by atoms with Crippen LogP contribution in [0, 0.1) is 0 Å². The van der Waals surface area contributed by atoms with Crippen molar-refractivity contribution in [1.29, 1.82) is 0 Å². The van der Waals surface area contributed by atoms with E-state index in [2.05, 4.69) is 0 Å². The number of rotatable bonds is 4. The van der Waals surface area contributed by atoms with Gasteiger partial charge in [-0.05, 0) is 42.0 Å². The third kappa shape index (κ3) is 3.72. The number of carbonyl (C=O) groups is 1. The predicted molar refractivity (Wildman–Crippen MR) is 101 cm³/mol. The maximum Gasteiger partial charge on any atom is 0.336 e. The molecule has 132 valence electrons. The van der Waals surface area contributed by atoms with Gasteiger partial charge in [-0.15, -0.1) is 0 Å². The van der Waals surface area contributed by atoms with Crippen LogP contribution >= 0.6 is 0 Å². The van der Waals surface area contributed by atoms with Gasteiger partial charge in [0, 0.05) is 12.1 Å². The van der Waals surface area contributed by atoms with E-state index in [4.69, 9.17) is 13.6 Å². The summed E-state index contributed by atoms with van der Waals surface area (Å²) in [6, 6.07) is 18.8. The fourth-order valence-electron chi connectivity index (χ4n) is 2.62. The van der Waals surface area contributed by atoms with Crippen LogP contribution in [0.2, 0.25) is 0 Å². The molecule has 2 aromatic carbocycles. The van der Waals surface area contributed by atoms with Crippen LogP contribution in [0.3, 0.4) is 0 Å². The van der Waals surface area contributed by atoms with Crippen LogP contribution in [0.25, 0.3) is 28.6 Å². The first-order chi connectivity index (χ1) is 13.2. The Morgan fingerprint density at radius 1 is 0.926 bits per heavy atom. The topological polar surface area (TPSA) is 69.7 Å². The van der Waals surface area contributed by atoms with Crippen molar-refractivity contribution in [2.45, 2.75) is 0 Å². The molecule has 27 heavy (non-hydrogen) atoms. The van der Waals surface area contributed by atoms with Crippen LogP contribution in [-0.2, 0) is 4.79 Å². The summed E-state index contributed by atoms with van der Waals surface area (Å²) in [6.45, 7) is 0. The Bertz CT molecular complexity index is 1170. The first-order valence-electron chi connectivity index (χ1n) is 8.26. The molecule has 0 atom stereocenters. The predicted octanol–water partition coefficient (Wildman–Crippen LogP) is 4.67. The second kappa shape index (κ2) is 7.17. The monoisotopic (exact) mass is 358 g/mol. The molecule has 0 fully saturated rings. The molecule has 0 saturated heterocycles. The zero-order valence-electron chi connectivity index (χ0n) is 14.1. The van der Waals surface area contributed by atoms with Gasteiger partial charge in [-0.1, -0.05) is 30.3 Å². The molecule has 5 nitrogen and oxygen atoms in total. The molecule has 0 aliphatic rings. The number of ether oxygens (including phenoxy) is 1. The normalized spacial score (nSPS) is 11.1. The van der Waals surface area contributed by atoms with E-state index in [0.717, 1.165) is 5.56 Å². The highest BCUT2D eigenvalue weighted by Gasteiger charge is 2.11. The third-order valence-corrected chi connectivity index (χ3v) is 3.89. The number of esters is 1. The van der Waals surface area contributed by atoms with E-state index in [1.165, 1.54) is 24.5 Å². The Hall–Kier alpha value is -3.86. The fourth-order valence-corrected chi connectivity index (χ4v) is 2.62. The van der Waals surface area contributed by atoms with Crippen molar-refractivity contribution < 1.29 is 18.4 Å². The lowest BCUT2D eigenvalue weighted by Crippen LogP contribution is -2.05. The molecule has 0 radical (unpaired) electrons. The summed E-state index contributed by atoms with van der Waals surface area (Å²) < 4.78 is 16.2. The lowest BCUT2D eigenvalue weighted by Gasteiger charge is -2.04. The van der Waals surface area contributed by atoms with E-state index in [9.17, 15) is 9.59 Å². The van der Waals surface area contributed by atoms with Gasteiger partial charge in [0.1, 0.15) is 11.3 Å². The summed E-state index contributed by atoms with van der Waals surface area (Å²) in [5.74, 6) is 0.543. The average Bonchev–Trinajstić information content (AvgIpc) is 3.22. The zero-order valence-corrected chi connectivity index (χ0v) is 14.1. The van der Waals surface area contributed by atoms with E-state index in [-0.39, 0.29) is 11.2 Å². The molecular formula is C22H14O5. The van der Waals surface area contributed by atoms with Crippen molar-refractivity contribution in [3.63, 3.8) is 0 Å². The maximum absolute atomic E-state index is 12.4. The Balaban J connectivity index is 1.57. The summed E-state index contributed by atoms with van der Waals surface area (Å²) in [5.41, 5.74) is 1.02. The van der Waals surface area contributed by atoms with Gasteiger partial charge in [-0.25, -0.2) is 4.79 Å². The number of benzene rings is 2. The molecule has 0 aliphatic carbocycles. The van der Waals surface area contributed by atoms with Crippen molar-refractivity contribution in [2.24, 2.45) is 0 Å². The molecule has 0 saturated carbocycles. The molecule has 2 heterocycles. The second-order valence-corrected chi connectivity index (χ2v) is 5.78. The summed E-state index contributed by atoms with van der Waals surface area (Å²) >= 11 is 0. The van der Waals surface area contributed by atoms with Gasteiger partial charge in [-0.3, -0.25) is 4.79 Å². The molecule has 0 spiro atoms. The third-order valence-electron chi connectivity index (χ3n) is 3.89. The lowest BCUT2D eigenvalue weighted by molar-refractivity contribution is -0.128. The number of hydrogen-bond acceptors (Lipinski definition) is 5. The van der Waals surface area contributed by atoms with Gasteiger partial charge in [0.2, 0.25) is 0 Å². The highest BCUT2D eigenvalue weighted by atomic mass is 16.5. The first kappa shape index (κ1) is 16.6. The standard InChI is InChI=1S/C22H14O5/c23-18-14-21(20-7-4-12-25-20)27-19-10-9-16(13-17(18)19)26-22(24)11-8-15-5-2-1-3-6-15/h1-14H/b11-8+. The summed E-state index contributed by atoms with van der Waals surface area (Å²) in [6.07, 6.45) is 4.50. The van der Waals surface area contributed by atoms with Crippen molar-refractivity contribution >= 4 is 23.0 Å². The van der Waals surface area contributed by atoms with E-state index >= 15 is 0 Å². The zero-order chi connectivity index (χ0) is 18.6. The molecule has 4 rings (SSSR count). The van der Waals surface area contributed by atoms with Crippen LogP contribution in [0.4, 0.5) is 0 Å². The Labute approximate surface area is 154 Å². The Morgan fingerprint density at radius 2 is 1.78 bits per heavy atom. The maximum atomic E-state index is 12.4. The molecular weight excluding hydrogens is 344 g/mol. The molecule has 2 aromatic heterocycles. The van der Waals surface area contributed by atoms with Crippen molar-refractivity contribution in [2.75, 3.05) is 0 Å². The van der Waals surface area contributed by atoms with Gasteiger partial charge in [-0.2, -0.15) is 0 Å². The van der Waals surface area contributed by atoms with Crippen molar-refractivity contribution in [3.8, 4) is 17.3 Å².